The number of benzene rings is 1. The first-order valence-electron chi connectivity index (χ1n) is 22.2. The van der Waals surface area contributed by atoms with Crippen LogP contribution < -0.4 is 49.1 Å². The van der Waals surface area contributed by atoms with Crippen molar-refractivity contribution >= 4 is 59.1 Å². The van der Waals surface area contributed by atoms with E-state index in [-0.39, 0.29) is 45.3 Å². The van der Waals surface area contributed by atoms with Crippen LogP contribution in [0.4, 0.5) is 0 Å². The van der Waals surface area contributed by atoms with Crippen molar-refractivity contribution in [3.63, 3.8) is 0 Å². The quantitative estimate of drug-likeness (QED) is 0.0420. The number of aliphatic carboxylic acids is 1. The van der Waals surface area contributed by atoms with Crippen LogP contribution in [0.1, 0.15) is 84.6 Å². The summed E-state index contributed by atoms with van der Waals surface area (Å²) < 4.78 is 0. The lowest BCUT2D eigenvalue weighted by atomic mass is 10.00. The first-order valence-corrected chi connectivity index (χ1v) is 22.2. The molecule has 0 bridgehead atoms. The normalized spacial score (nSPS) is 19.0. The highest BCUT2D eigenvalue weighted by atomic mass is 16.4. The number of amides is 9. The minimum absolute atomic E-state index is 0.00186. The number of aliphatic hydroxyl groups is 1. The molecule has 9 amide bonds. The van der Waals surface area contributed by atoms with E-state index in [1.807, 2.05) is 0 Å². The average Bonchev–Trinajstić information content (AvgIpc) is 3.97. The Morgan fingerprint density at radius 2 is 1.24 bits per heavy atom. The third-order valence-corrected chi connectivity index (χ3v) is 11.4. The van der Waals surface area contributed by atoms with Gasteiger partial charge in [0.15, 0.2) is 0 Å². The van der Waals surface area contributed by atoms with Crippen molar-refractivity contribution in [2.75, 3.05) is 26.2 Å². The molecule has 366 valence electrons. The van der Waals surface area contributed by atoms with Crippen molar-refractivity contribution in [2.24, 2.45) is 23.1 Å². The number of hydrogen-bond donors (Lipinski definition) is 11. The summed E-state index contributed by atoms with van der Waals surface area (Å²) in [4.78, 5) is 133. The predicted molar refractivity (Wildman–Crippen MR) is 237 cm³/mol. The summed E-state index contributed by atoms with van der Waals surface area (Å²) in [5, 5.41) is 34.7. The molecule has 66 heavy (non-hydrogen) atoms. The van der Waals surface area contributed by atoms with Crippen LogP contribution in [0, 0.1) is 5.92 Å². The Kier molecular flexibility index (Phi) is 21.4. The minimum atomic E-state index is -1.52. The van der Waals surface area contributed by atoms with Crippen LogP contribution in [0.5, 0.6) is 0 Å². The van der Waals surface area contributed by atoms with Crippen molar-refractivity contribution in [1.82, 2.24) is 41.7 Å². The molecule has 0 saturated carbocycles. The molecule has 0 spiro atoms. The van der Waals surface area contributed by atoms with E-state index < -0.39 is 132 Å². The number of nitrogens with zero attached hydrogens (tertiary/aromatic N) is 2. The monoisotopic (exact) mass is 929 g/mol. The van der Waals surface area contributed by atoms with E-state index >= 15 is 0 Å². The largest absolute Gasteiger partial charge is 0.480 e. The Bertz CT molecular complexity index is 1900. The van der Waals surface area contributed by atoms with Gasteiger partial charge in [0, 0.05) is 19.5 Å². The topological polar surface area (TPSA) is 368 Å². The molecule has 1 aromatic rings. The average molecular weight is 930 g/mol. The molecule has 0 aliphatic carbocycles. The second-order valence-electron chi connectivity index (χ2n) is 17.0. The van der Waals surface area contributed by atoms with Crippen LogP contribution in [-0.2, 0) is 54.4 Å². The number of carboxylic acids is 1. The van der Waals surface area contributed by atoms with Crippen LogP contribution in [0.2, 0.25) is 0 Å². The molecule has 9 unspecified atom stereocenters. The van der Waals surface area contributed by atoms with Crippen molar-refractivity contribution in [1.29, 1.82) is 0 Å². The molecule has 14 N–H and O–H groups in total. The lowest BCUT2D eigenvalue weighted by Crippen LogP contribution is -2.61. The molecule has 3 rings (SSSR count). The third kappa shape index (κ3) is 15.8. The number of aliphatic hydroxyl groups excluding tert-OH is 1. The summed E-state index contributed by atoms with van der Waals surface area (Å²) >= 11 is 0. The molecule has 2 saturated heterocycles. The number of unbranched alkanes of at least 4 members (excludes halogenated alkanes) is 1. The predicted octanol–water partition coefficient (Wildman–Crippen LogP) is -3.78. The number of carbonyl (C=O) groups is 10. The maximum Gasteiger partial charge on any atom is 0.325 e. The smallest absolute Gasteiger partial charge is 0.325 e. The van der Waals surface area contributed by atoms with Gasteiger partial charge in [-0.15, -0.1) is 0 Å². The van der Waals surface area contributed by atoms with Gasteiger partial charge < -0.3 is 69.1 Å². The zero-order valence-corrected chi connectivity index (χ0v) is 38.0. The number of carbonyl (C=O) groups excluding carboxylic acids is 9. The molecule has 9 atom stereocenters. The zero-order valence-electron chi connectivity index (χ0n) is 38.0. The van der Waals surface area contributed by atoms with Crippen molar-refractivity contribution in [3.05, 3.63) is 35.9 Å². The van der Waals surface area contributed by atoms with E-state index in [2.05, 4.69) is 31.9 Å². The van der Waals surface area contributed by atoms with Gasteiger partial charge in [-0.05, 0) is 76.8 Å². The molecular formula is C43H67N11O12. The van der Waals surface area contributed by atoms with E-state index in [0.29, 0.717) is 31.2 Å². The van der Waals surface area contributed by atoms with Crippen molar-refractivity contribution in [2.45, 2.75) is 140 Å². The fraction of sp³-hybridized carbons (Fsp3) is 0.628. The number of rotatable bonds is 25. The van der Waals surface area contributed by atoms with Crippen LogP contribution in [-0.4, -0.2) is 160 Å². The van der Waals surface area contributed by atoms with Gasteiger partial charge >= 0.3 is 5.97 Å². The van der Waals surface area contributed by atoms with Gasteiger partial charge in [-0.2, -0.15) is 0 Å². The molecule has 2 fully saturated rings. The summed E-state index contributed by atoms with van der Waals surface area (Å²) in [5.41, 5.74) is 17.5. The van der Waals surface area contributed by atoms with Gasteiger partial charge in [0.05, 0.1) is 19.1 Å². The Morgan fingerprint density at radius 1 is 0.682 bits per heavy atom. The summed E-state index contributed by atoms with van der Waals surface area (Å²) in [5.74, 6) is -8.52. The summed E-state index contributed by atoms with van der Waals surface area (Å²) in [6, 6.07) is -2.29. The number of carboxylic acid groups (broad SMARTS) is 1. The summed E-state index contributed by atoms with van der Waals surface area (Å²) in [7, 11) is 0. The van der Waals surface area contributed by atoms with E-state index in [4.69, 9.17) is 17.2 Å². The van der Waals surface area contributed by atoms with E-state index in [1.54, 1.807) is 44.2 Å². The fourth-order valence-electron chi connectivity index (χ4n) is 7.70. The Labute approximate surface area is 383 Å². The maximum atomic E-state index is 14.0. The van der Waals surface area contributed by atoms with E-state index in [9.17, 15) is 58.2 Å². The number of nitrogens with two attached hydrogens (primary N) is 3. The molecule has 23 nitrogen and oxygen atoms in total. The van der Waals surface area contributed by atoms with Gasteiger partial charge in [0.2, 0.25) is 53.2 Å². The van der Waals surface area contributed by atoms with Gasteiger partial charge in [-0.1, -0.05) is 44.2 Å². The number of likely N-dealkylation sites (tertiary alicyclic amines) is 2. The van der Waals surface area contributed by atoms with E-state index in [1.165, 1.54) is 18.7 Å². The first kappa shape index (κ1) is 54.1. The number of nitrogens with one attached hydrogen (secondary N) is 6. The third-order valence-electron chi connectivity index (χ3n) is 11.4. The van der Waals surface area contributed by atoms with Gasteiger partial charge in [-0.25, -0.2) is 0 Å². The fourth-order valence-corrected chi connectivity index (χ4v) is 7.70. The molecule has 2 aliphatic rings. The summed E-state index contributed by atoms with van der Waals surface area (Å²) in [6.07, 6.45) is 1.84. The van der Waals surface area contributed by atoms with Gasteiger partial charge in [-0.3, -0.25) is 47.9 Å². The maximum absolute atomic E-state index is 14.0. The molecule has 2 aliphatic heterocycles. The van der Waals surface area contributed by atoms with Crippen molar-refractivity contribution in [3.8, 4) is 0 Å². The van der Waals surface area contributed by atoms with Crippen molar-refractivity contribution < 1.29 is 58.2 Å². The number of primary amides is 1. The molecule has 1 aromatic carbocycles. The zero-order chi connectivity index (χ0) is 49.2. The van der Waals surface area contributed by atoms with Crippen LogP contribution in [0.15, 0.2) is 30.3 Å². The Balaban J connectivity index is 1.72. The Morgan fingerprint density at radius 3 is 1.79 bits per heavy atom. The second kappa shape index (κ2) is 26.1. The molecule has 23 heteroatoms. The number of hydrogen-bond acceptors (Lipinski definition) is 13. The standard InChI is InChI=1S/C43H67N11O12/c1-23(2)34(52-37(59)29(20-26-12-6-5-7-13-26)50-39(61)32-16-10-18-53(32)41(63)27(45)21-33(46)56)40(62)47-24(3)35(57)49-28(14-8-9-17-44)36(58)51-30(22-55)42(64)54-19-11-15-31(54)38(60)48-25(4)43(65)66/h5-7,12-13,23-25,27-32,34,55H,8-11,14-22,44-45H2,1-4H3,(H2,46,56)(H,47,62)(H,48,60)(H,49,57)(H,50,61)(H,51,58)(H,52,59)(H,65,66). The Hall–Kier alpha value is -6.20. The van der Waals surface area contributed by atoms with Gasteiger partial charge in [0.1, 0.15) is 48.3 Å². The highest BCUT2D eigenvalue weighted by Crippen LogP contribution is 2.21. The molecule has 0 radical (unpaired) electrons. The second-order valence-corrected chi connectivity index (χ2v) is 17.0. The minimum Gasteiger partial charge on any atom is -0.480 e. The molecule has 2 heterocycles. The van der Waals surface area contributed by atoms with E-state index in [0.717, 1.165) is 4.90 Å². The highest BCUT2D eigenvalue weighted by molar-refractivity contribution is 5.98. The first-order chi connectivity index (χ1) is 31.2. The van der Waals surface area contributed by atoms with Crippen LogP contribution in [0.25, 0.3) is 0 Å². The van der Waals surface area contributed by atoms with Crippen LogP contribution in [0.3, 0.4) is 0 Å². The SMILES string of the molecule is CC(NC(=O)C1CCCN1C(=O)C(CO)NC(=O)C(CCCCN)NC(=O)C(C)NC(=O)C(NC(=O)C(Cc1ccccc1)NC(=O)C1CCCN1C(=O)C(N)CC(N)=O)C(C)C)C(=O)O. The van der Waals surface area contributed by atoms with Crippen LogP contribution >= 0.6 is 0 Å². The summed E-state index contributed by atoms with van der Waals surface area (Å²) in [6.45, 7) is 5.65. The lowest BCUT2D eigenvalue weighted by molar-refractivity contribution is -0.145. The van der Waals surface area contributed by atoms with Gasteiger partial charge in [0.25, 0.3) is 0 Å². The molecular weight excluding hydrogens is 863 g/mol. The highest BCUT2D eigenvalue weighted by Gasteiger charge is 2.41. The lowest BCUT2D eigenvalue weighted by Gasteiger charge is -2.30. The molecule has 0 aromatic heterocycles.